The van der Waals surface area contributed by atoms with Gasteiger partial charge in [0.15, 0.2) is 4.90 Å². The molecule has 1 N–H and O–H groups in total. The number of benzene rings is 2. The molecule has 0 aliphatic rings. The Kier molecular flexibility index (Phi) is 8.95. The van der Waals surface area contributed by atoms with Gasteiger partial charge in [0.1, 0.15) is 18.2 Å². The quantitative estimate of drug-likeness (QED) is 0.268. The van der Waals surface area contributed by atoms with Crippen LogP contribution >= 0.6 is 0 Å². The molecule has 0 saturated carbocycles. The number of rotatable bonds is 10. The molecule has 2 heterocycles. The molecule has 1 unspecified atom stereocenters. The fourth-order valence-corrected chi connectivity index (χ4v) is 5.78. The molecule has 41 heavy (non-hydrogen) atoms. The van der Waals surface area contributed by atoms with Crippen molar-refractivity contribution in [3.63, 3.8) is 0 Å². The highest BCUT2D eigenvalue weighted by atomic mass is 32.2. The summed E-state index contributed by atoms with van der Waals surface area (Å²) in [5.74, 6) is -2.60. The molecule has 2 aromatic carbocycles. The van der Waals surface area contributed by atoms with Crippen LogP contribution in [0.15, 0.2) is 75.2 Å². The predicted octanol–water partition coefficient (Wildman–Crippen LogP) is 4.59. The summed E-state index contributed by atoms with van der Waals surface area (Å²) in [4.78, 5) is 19.2. The van der Waals surface area contributed by atoms with Crippen LogP contribution in [0.4, 0.5) is 8.78 Å². The first-order chi connectivity index (χ1) is 19.4. The number of hydrogen-bond acceptors (Lipinski definition) is 8. The number of methoxy groups -OCH3 is 1. The summed E-state index contributed by atoms with van der Waals surface area (Å²) in [5, 5.41) is 11.4. The van der Waals surface area contributed by atoms with Crippen molar-refractivity contribution in [2.75, 3.05) is 13.7 Å². The summed E-state index contributed by atoms with van der Waals surface area (Å²) in [6.45, 7) is 4.81. The van der Waals surface area contributed by atoms with Gasteiger partial charge in [-0.25, -0.2) is 17.8 Å². The molecule has 0 fully saturated rings. The van der Waals surface area contributed by atoms with Gasteiger partial charge in [-0.1, -0.05) is 36.4 Å². The number of hydrogen-bond donors (Lipinski definition) is 1. The summed E-state index contributed by atoms with van der Waals surface area (Å²) in [7, 11) is -3.34. The van der Waals surface area contributed by atoms with E-state index in [0.717, 1.165) is 18.2 Å². The third-order valence-electron chi connectivity index (χ3n) is 6.36. The van der Waals surface area contributed by atoms with Crippen molar-refractivity contribution in [3.05, 3.63) is 99.9 Å². The number of sulfone groups is 1. The van der Waals surface area contributed by atoms with Crippen LogP contribution < -0.4 is 5.56 Å². The third-order valence-corrected chi connectivity index (χ3v) is 8.13. The highest BCUT2D eigenvalue weighted by Crippen LogP contribution is 2.34. The summed E-state index contributed by atoms with van der Waals surface area (Å²) >= 11 is 0. The zero-order chi connectivity index (χ0) is 29.9. The lowest BCUT2D eigenvalue weighted by atomic mass is 10.0. The third kappa shape index (κ3) is 6.19. The molecule has 12 heteroatoms. The SMILES string of the molecule is COCC(c1ccccc1)n1c(COC(C)C)nc(=O)c(S(=O)(=O)c2ccc(-c3ccc(F)nc3C)c(F)c2)c1O. The molecule has 4 aromatic rings. The highest BCUT2D eigenvalue weighted by molar-refractivity contribution is 7.91. The van der Waals surface area contributed by atoms with E-state index in [4.69, 9.17) is 9.47 Å². The van der Waals surface area contributed by atoms with Crippen molar-refractivity contribution in [1.29, 1.82) is 0 Å². The zero-order valence-corrected chi connectivity index (χ0v) is 23.7. The van der Waals surface area contributed by atoms with Crippen molar-refractivity contribution in [3.8, 4) is 17.0 Å². The van der Waals surface area contributed by atoms with Crippen molar-refractivity contribution in [1.82, 2.24) is 14.5 Å². The van der Waals surface area contributed by atoms with Crippen LogP contribution in [0.5, 0.6) is 5.88 Å². The number of ether oxygens (including phenoxy) is 2. The van der Waals surface area contributed by atoms with Gasteiger partial charge < -0.3 is 14.6 Å². The lowest BCUT2D eigenvalue weighted by Gasteiger charge is -2.26. The van der Waals surface area contributed by atoms with Gasteiger partial charge in [0.25, 0.3) is 5.56 Å². The van der Waals surface area contributed by atoms with Gasteiger partial charge in [-0.15, -0.1) is 0 Å². The Balaban J connectivity index is 1.90. The van der Waals surface area contributed by atoms with E-state index in [9.17, 15) is 22.7 Å². The van der Waals surface area contributed by atoms with Gasteiger partial charge in [-0.05, 0) is 50.6 Å². The van der Waals surface area contributed by atoms with Crippen LogP contribution in [0.25, 0.3) is 11.1 Å². The minimum absolute atomic E-state index is 0.00925. The second-order valence-corrected chi connectivity index (χ2v) is 11.4. The standard InChI is InChI=1S/C29H29F2N3O6S/c1-17(2)40-16-26-33-28(35)27(29(36)34(26)24(15-39-4)19-8-6-5-7-9-19)41(37,38)20-10-11-22(23(30)14-20)21-12-13-25(31)32-18(21)3/h5-14,17,24,36H,15-16H2,1-4H3. The van der Waals surface area contributed by atoms with Crippen LogP contribution in [0.2, 0.25) is 0 Å². The molecule has 4 rings (SSSR count). The maximum absolute atomic E-state index is 15.3. The Morgan fingerprint density at radius 2 is 1.68 bits per heavy atom. The number of aromatic hydroxyl groups is 1. The molecular formula is C29H29F2N3O6S. The average molecular weight is 586 g/mol. The number of aromatic nitrogens is 3. The first-order valence-electron chi connectivity index (χ1n) is 12.6. The monoisotopic (exact) mass is 585 g/mol. The molecule has 0 aliphatic carbocycles. The first-order valence-corrected chi connectivity index (χ1v) is 14.1. The Morgan fingerprint density at radius 1 is 1.00 bits per heavy atom. The topological polar surface area (TPSA) is 121 Å². The number of halogens is 2. The van der Waals surface area contributed by atoms with E-state index in [0.29, 0.717) is 5.56 Å². The van der Waals surface area contributed by atoms with E-state index in [2.05, 4.69) is 9.97 Å². The number of pyridine rings is 1. The van der Waals surface area contributed by atoms with E-state index < -0.39 is 48.9 Å². The molecule has 9 nitrogen and oxygen atoms in total. The van der Waals surface area contributed by atoms with Crippen molar-refractivity contribution < 1.29 is 31.8 Å². The number of aryl methyl sites for hydroxylation is 1. The lowest BCUT2D eigenvalue weighted by Crippen LogP contribution is -2.29. The summed E-state index contributed by atoms with van der Waals surface area (Å²) in [6.07, 6.45) is -0.259. The van der Waals surface area contributed by atoms with Crippen LogP contribution in [-0.4, -0.2) is 47.9 Å². The average Bonchev–Trinajstić information content (AvgIpc) is 2.91. The van der Waals surface area contributed by atoms with Gasteiger partial charge in [-0.3, -0.25) is 9.36 Å². The summed E-state index contributed by atoms with van der Waals surface area (Å²) in [5.41, 5.74) is -0.136. The smallest absolute Gasteiger partial charge is 0.296 e. The van der Waals surface area contributed by atoms with E-state index in [-0.39, 0.29) is 42.0 Å². The van der Waals surface area contributed by atoms with Crippen LogP contribution in [0.1, 0.15) is 37.0 Å². The molecule has 2 aromatic heterocycles. The second kappa shape index (κ2) is 12.2. The predicted molar refractivity (Wildman–Crippen MR) is 146 cm³/mol. The van der Waals surface area contributed by atoms with Gasteiger partial charge in [0, 0.05) is 23.9 Å². The Morgan fingerprint density at radius 3 is 2.29 bits per heavy atom. The fraction of sp³-hybridized carbons (Fsp3) is 0.276. The van der Waals surface area contributed by atoms with Crippen molar-refractivity contribution in [2.24, 2.45) is 0 Å². The largest absolute Gasteiger partial charge is 0.493 e. The molecule has 216 valence electrons. The molecule has 0 spiro atoms. The van der Waals surface area contributed by atoms with Crippen LogP contribution in [-0.2, 0) is 25.9 Å². The molecule has 0 amide bonds. The molecule has 1 atom stereocenters. The summed E-state index contributed by atoms with van der Waals surface area (Å²) < 4.78 is 68.4. The lowest BCUT2D eigenvalue weighted by molar-refractivity contribution is 0.0554. The maximum Gasteiger partial charge on any atom is 0.296 e. The Hall–Kier alpha value is -4.00. The fourth-order valence-electron chi connectivity index (χ4n) is 4.42. The second-order valence-electron chi connectivity index (χ2n) is 9.51. The first kappa shape index (κ1) is 30.0. The Bertz CT molecular complexity index is 1730. The minimum Gasteiger partial charge on any atom is -0.493 e. The number of nitrogens with zero attached hydrogens (tertiary/aromatic N) is 3. The van der Waals surface area contributed by atoms with E-state index in [1.54, 1.807) is 44.2 Å². The van der Waals surface area contributed by atoms with E-state index >= 15 is 4.39 Å². The van der Waals surface area contributed by atoms with Gasteiger partial charge in [0.05, 0.1) is 23.6 Å². The van der Waals surface area contributed by atoms with Gasteiger partial charge in [0.2, 0.25) is 21.7 Å². The van der Waals surface area contributed by atoms with Crippen LogP contribution in [0.3, 0.4) is 0 Å². The van der Waals surface area contributed by atoms with Crippen molar-refractivity contribution >= 4 is 9.84 Å². The van der Waals surface area contributed by atoms with Crippen LogP contribution in [0, 0.1) is 18.7 Å². The molecular weight excluding hydrogens is 556 g/mol. The van der Waals surface area contributed by atoms with E-state index in [1.165, 1.54) is 30.7 Å². The molecule has 0 bridgehead atoms. The normalized spacial score (nSPS) is 12.6. The molecule has 0 radical (unpaired) electrons. The van der Waals surface area contributed by atoms with E-state index in [1.807, 2.05) is 0 Å². The molecule has 0 saturated heterocycles. The molecule has 0 aliphatic heterocycles. The van der Waals surface area contributed by atoms with Gasteiger partial charge in [-0.2, -0.15) is 9.37 Å². The zero-order valence-electron chi connectivity index (χ0n) is 22.8. The van der Waals surface area contributed by atoms with Gasteiger partial charge >= 0.3 is 0 Å². The Labute approximate surface area is 236 Å². The van der Waals surface area contributed by atoms with Crippen molar-refractivity contribution in [2.45, 2.75) is 49.3 Å². The maximum atomic E-state index is 15.3. The minimum atomic E-state index is -4.78. The highest BCUT2D eigenvalue weighted by Gasteiger charge is 2.33. The summed E-state index contributed by atoms with van der Waals surface area (Å²) in [6, 6.07) is 13.4.